The lowest BCUT2D eigenvalue weighted by Crippen LogP contribution is -2.52. The van der Waals surface area contributed by atoms with Gasteiger partial charge in [-0.25, -0.2) is 12.8 Å². The lowest BCUT2D eigenvalue weighted by Gasteiger charge is -2.32. The van der Waals surface area contributed by atoms with Gasteiger partial charge in [0, 0.05) is 37.0 Å². The number of hydrogen-bond acceptors (Lipinski definition) is 4. The van der Waals surface area contributed by atoms with Crippen molar-refractivity contribution < 1.29 is 22.4 Å². The first-order chi connectivity index (χ1) is 19.5. The summed E-state index contributed by atoms with van der Waals surface area (Å²) in [4.78, 5) is 28.9. The van der Waals surface area contributed by atoms with Crippen LogP contribution in [-0.2, 0) is 32.6 Å². The predicted octanol–water partition coefficient (Wildman–Crippen LogP) is 5.58. The molecule has 0 aromatic heterocycles. The third kappa shape index (κ3) is 9.86. The molecular weight excluding hydrogens is 565 g/mol. The fraction of sp³-hybridized carbons (Fsp3) is 0.355. The summed E-state index contributed by atoms with van der Waals surface area (Å²) in [6.07, 6.45) is 2.35. The summed E-state index contributed by atoms with van der Waals surface area (Å²) in [6, 6.07) is 20.8. The number of amides is 2. The van der Waals surface area contributed by atoms with Crippen molar-refractivity contribution in [1.82, 2.24) is 10.2 Å². The highest BCUT2D eigenvalue weighted by atomic mass is 35.5. The zero-order valence-electron chi connectivity index (χ0n) is 23.6. The van der Waals surface area contributed by atoms with Crippen molar-refractivity contribution in [3.63, 3.8) is 0 Å². The van der Waals surface area contributed by atoms with Crippen LogP contribution in [0.25, 0.3) is 0 Å². The highest BCUT2D eigenvalue weighted by Gasteiger charge is 2.31. The van der Waals surface area contributed by atoms with E-state index in [0.29, 0.717) is 16.3 Å². The van der Waals surface area contributed by atoms with Crippen molar-refractivity contribution in [3.05, 3.63) is 101 Å². The van der Waals surface area contributed by atoms with Gasteiger partial charge in [0.15, 0.2) is 0 Å². The number of nitrogens with zero attached hydrogens (tertiary/aromatic N) is 2. The molecule has 0 unspecified atom stereocenters. The van der Waals surface area contributed by atoms with E-state index < -0.39 is 21.9 Å². The normalized spacial score (nSPS) is 12.8. The number of anilines is 1. The Balaban J connectivity index is 1.88. The zero-order chi connectivity index (χ0) is 30.0. The maximum absolute atomic E-state index is 13.8. The van der Waals surface area contributed by atoms with Gasteiger partial charge in [0.05, 0.1) is 11.9 Å². The molecule has 0 heterocycles. The quantitative estimate of drug-likeness (QED) is 0.261. The molecule has 2 atom stereocenters. The molecule has 0 saturated heterocycles. The molecule has 0 saturated carbocycles. The minimum atomic E-state index is -3.62. The van der Waals surface area contributed by atoms with E-state index in [9.17, 15) is 22.4 Å². The molecule has 0 aliphatic carbocycles. The van der Waals surface area contributed by atoms with Gasteiger partial charge < -0.3 is 10.2 Å². The number of sulfonamides is 1. The molecule has 41 heavy (non-hydrogen) atoms. The zero-order valence-corrected chi connectivity index (χ0v) is 25.2. The van der Waals surface area contributed by atoms with Crippen LogP contribution >= 0.6 is 11.6 Å². The molecule has 3 aromatic rings. The van der Waals surface area contributed by atoms with Gasteiger partial charge in [-0.15, -0.1) is 0 Å². The number of hydrogen-bond donors (Lipinski definition) is 1. The Morgan fingerprint density at radius 1 is 0.951 bits per heavy atom. The molecule has 0 radical (unpaired) electrons. The maximum Gasteiger partial charge on any atom is 0.243 e. The van der Waals surface area contributed by atoms with Crippen molar-refractivity contribution in [2.45, 2.75) is 58.2 Å². The van der Waals surface area contributed by atoms with Crippen LogP contribution in [0.2, 0.25) is 5.02 Å². The van der Waals surface area contributed by atoms with E-state index in [-0.39, 0.29) is 50.2 Å². The second-order valence-corrected chi connectivity index (χ2v) is 12.4. The van der Waals surface area contributed by atoms with E-state index >= 15 is 0 Å². The van der Waals surface area contributed by atoms with Crippen molar-refractivity contribution in [1.29, 1.82) is 0 Å². The summed E-state index contributed by atoms with van der Waals surface area (Å²) in [5, 5.41) is 3.49. The molecule has 0 aliphatic heterocycles. The fourth-order valence-electron chi connectivity index (χ4n) is 4.39. The lowest BCUT2D eigenvalue weighted by atomic mass is 10.0. The van der Waals surface area contributed by atoms with E-state index in [1.165, 1.54) is 21.3 Å². The Hall–Kier alpha value is -3.43. The molecule has 220 valence electrons. The van der Waals surface area contributed by atoms with Crippen LogP contribution < -0.4 is 9.62 Å². The van der Waals surface area contributed by atoms with E-state index in [4.69, 9.17) is 11.6 Å². The van der Waals surface area contributed by atoms with Crippen molar-refractivity contribution in [2.24, 2.45) is 0 Å². The highest BCUT2D eigenvalue weighted by Crippen LogP contribution is 2.22. The van der Waals surface area contributed by atoms with E-state index in [2.05, 4.69) is 5.32 Å². The van der Waals surface area contributed by atoms with E-state index in [1.807, 2.05) is 44.2 Å². The molecule has 2 amide bonds. The molecular formula is C31H37ClFN3O4S. The van der Waals surface area contributed by atoms with Gasteiger partial charge in [0.2, 0.25) is 21.8 Å². The van der Waals surface area contributed by atoms with Crippen molar-refractivity contribution >= 4 is 39.1 Å². The van der Waals surface area contributed by atoms with Crippen LogP contribution in [0.1, 0.15) is 44.2 Å². The second-order valence-electron chi connectivity index (χ2n) is 10.1. The largest absolute Gasteiger partial charge is 0.352 e. The number of carbonyl (C=O) groups is 2. The Kier molecular flexibility index (Phi) is 11.7. The molecule has 3 aromatic carbocycles. The number of nitrogens with one attached hydrogen (secondary N) is 1. The van der Waals surface area contributed by atoms with E-state index in [0.717, 1.165) is 18.2 Å². The first-order valence-electron chi connectivity index (χ1n) is 13.6. The van der Waals surface area contributed by atoms with Crippen LogP contribution in [0.4, 0.5) is 10.1 Å². The SMILES string of the molecule is CC[C@H](C)NC(=O)[C@H](Cc1ccccc1)N(Cc1ccc(F)cc1)C(=O)CCCN(c1ccc(Cl)cc1)S(C)(=O)=O. The van der Waals surface area contributed by atoms with Crippen molar-refractivity contribution in [2.75, 3.05) is 17.1 Å². The molecule has 1 N–H and O–H groups in total. The molecule has 10 heteroatoms. The molecule has 3 rings (SSSR count). The molecule has 0 bridgehead atoms. The van der Waals surface area contributed by atoms with Crippen LogP contribution in [-0.4, -0.2) is 50.0 Å². The Bertz CT molecular complexity index is 1390. The Morgan fingerprint density at radius 3 is 2.17 bits per heavy atom. The molecule has 0 fully saturated rings. The standard InChI is InChI=1S/C31H37ClFN3O4S/c1-4-23(2)34-31(38)29(21-24-9-6-5-7-10-24)35(22-25-12-16-27(33)17-13-25)30(37)11-8-20-36(41(3,39)40)28-18-14-26(32)15-19-28/h5-7,9-10,12-19,23,29H,4,8,11,20-22H2,1-3H3,(H,34,38)/t23-,29-/m0/s1. The van der Waals surface area contributed by atoms with Gasteiger partial charge in [0.25, 0.3) is 0 Å². The maximum atomic E-state index is 13.8. The Morgan fingerprint density at radius 2 is 1.59 bits per heavy atom. The van der Waals surface area contributed by atoms with Gasteiger partial charge >= 0.3 is 0 Å². The summed E-state index contributed by atoms with van der Waals surface area (Å²) in [6.45, 7) is 4.03. The van der Waals surface area contributed by atoms with Crippen LogP contribution in [0.3, 0.4) is 0 Å². The predicted molar refractivity (Wildman–Crippen MR) is 162 cm³/mol. The monoisotopic (exact) mass is 601 g/mol. The van der Waals surface area contributed by atoms with Crippen LogP contribution in [0.5, 0.6) is 0 Å². The highest BCUT2D eigenvalue weighted by molar-refractivity contribution is 7.92. The third-order valence-electron chi connectivity index (χ3n) is 6.81. The number of benzene rings is 3. The topological polar surface area (TPSA) is 86.8 Å². The number of halogens is 2. The second kappa shape index (κ2) is 15.0. The smallest absolute Gasteiger partial charge is 0.243 e. The number of carbonyl (C=O) groups excluding carboxylic acids is 2. The van der Waals surface area contributed by atoms with Gasteiger partial charge in [-0.05, 0) is 67.3 Å². The first-order valence-corrected chi connectivity index (χ1v) is 15.8. The van der Waals surface area contributed by atoms with Gasteiger partial charge in [-0.3, -0.25) is 13.9 Å². The number of rotatable bonds is 14. The van der Waals surface area contributed by atoms with Crippen LogP contribution in [0.15, 0.2) is 78.9 Å². The summed E-state index contributed by atoms with van der Waals surface area (Å²) in [5.74, 6) is -0.984. The first kappa shape index (κ1) is 32.1. The van der Waals surface area contributed by atoms with Gasteiger partial charge in [-0.2, -0.15) is 0 Å². The minimum absolute atomic E-state index is 0.00268. The van der Waals surface area contributed by atoms with Crippen LogP contribution in [0, 0.1) is 5.82 Å². The molecule has 0 spiro atoms. The van der Waals surface area contributed by atoms with Crippen molar-refractivity contribution in [3.8, 4) is 0 Å². The average Bonchev–Trinajstić information content (AvgIpc) is 2.94. The molecule has 7 nitrogen and oxygen atoms in total. The summed E-state index contributed by atoms with van der Waals surface area (Å²) >= 11 is 5.97. The van der Waals surface area contributed by atoms with Gasteiger partial charge in [0.1, 0.15) is 11.9 Å². The summed E-state index contributed by atoms with van der Waals surface area (Å²) in [7, 11) is -3.62. The minimum Gasteiger partial charge on any atom is -0.352 e. The lowest BCUT2D eigenvalue weighted by molar-refractivity contribution is -0.141. The van der Waals surface area contributed by atoms with Gasteiger partial charge in [-0.1, -0.05) is 61.0 Å². The molecule has 0 aliphatic rings. The average molecular weight is 602 g/mol. The third-order valence-corrected chi connectivity index (χ3v) is 8.25. The van der Waals surface area contributed by atoms with E-state index in [1.54, 1.807) is 36.4 Å². The summed E-state index contributed by atoms with van der Waals surface area (Å²) < 4.78 is 40.0. The Labute approximate surface area is 247 Å². The summed E-state index contributed by atoms with van der Waals surface area (Å²) in [5.41, 5.74) is 2.01. The fourth-order valence-corrected chi connectivity index (χ4v) is 5.48.